The van der Waals surface area contributed by atoms with Crippen LogP contribution in [0.2, 0.25) is 0 Å². The Morgan fingerprint density at radius 2 is 1.54 bits per heavy atom. The summed E-state index contributed by atoms with van der Waals surface area (Å²) >= 11 is 0. The molecular formula is C21H26N2O5. The monoisotopic (exact) mass is 386 g/mol. The summed E-state index contributed by atoms with van der Waals surface area (Å²) in [4.78, 5) is 24.3. The van der Waals surface area contributed by atoms with E-state index in [2.05, 4.69) is 24.7 Å². The van der Waals surface area contributed by atoms with Gasteiger partial charge >= 0.3 is 0 Å². The average Bonchev–Trinajstić information content (AvgIpc) is 2.70. The predicted molar refractivity (Wildman–Crippen MR) is 105 cm³/mol. The van der Waals surface area contributed by atoms with Gasteiger partial charge in [0.2, 0.25) is 0 Å². The molecule has 0 heterocycles. The number of hydrogen-bond acceptors (Lipinski definition) is 5. The zero-order valence-electron chi connectivity index (χ0n) is 16.4. The van der Waals surface area contributed by atoms with Gasteiger partial charge in [0.15, 0.2) is 18.1 Å². The van der Waals surface area contributed by atoms with Crippen LogP contribution in [0.4, 0.5) is 0 Å². The molecule has 2 aromatic carbocycles. The first kappa shape index (κ1) is 21.1. The number of carbonyl (C=O) groups excluding carboxylic acids is 2. The highest BCUT2D eigenvalue weighted by molar-refractivity contribution is 5.97. The van der Waals surface area contributed by atoms with Crippen molar-refractivity contribution < 1.29 is 23.8 Å². The minimum Gasteiger partial charge on any atom is -0.493 e. The summed E-state index contributed by atoms with van der Waals surface area (Å²) in [7, 11) is 1.52. The summed E-state index contributed by atoms with van der Waals surface area (Å²) in [5.74, 6) is 0.967. The van der Waals surface area contributed by atoms with Gasteiger partial charge in [-0.2, -0.15) is 0 Å². The summed E-state index contributed by atoms with van der Waals surface area (Å²) in [6.07, 6.45) is 0.882. The molecule has 0 aromatic heterocycles. The second-order valence-electron chi connectivity index (χ2n) is 6.47. The highest BCUT2D eigenvalue weighted by Gasteiger charge is 2.14. The van der Waals surface area contributed by atoms with Crippen LogP contribution in [-0.4, -0.2) is 32.1 Å². The third-order valence-corrected chi connectivity index (χ3v) is 3.83. The molecule has 28 heavy (non-hydrogen) atoms. The molecule has 0 saturated carbocycles. The lowest BCUT2D eigenvalue weighted by atomic mass is 10.1. The molecule has 0 aliphatic carbocycles. The maximum Gasteiger partial charge on any atom is 0.276 e. The van der Waals surface area contributed by atoms with Crippen molar-refractivity contribution in [1.29, 1.82) is 0 Å². The Bertz CT molecular complexity index is 792. The van der Waals surface area contributed by atoms with Gasteiger partial charge in [-0.15, -0.1) is 0 Å². The van der Waals surface area contributed by atoms with Crippen LogP contribution in [0.1, 0.15) is 30.6 Å². The van der Waals surface area contributed by atoms with Crippen molar-refractivity contribution in [2.75, 3.05) is 20.3 Å². The number of ether oxygens (including phenoxy) is 3. The van der Waals surface area contributed by atoms with Crippen molar-refractivity contribution in [3.8, 4) is 17.2 Å². The van der Waals surface area contributed by atoms with Crippen molar-refractivity contribution in [2.24, 2.45) is 5.92 Å². The van der Waals surface area contributed by atoms with Gasteiger partial charge in [-0.3, -0.25) is 20.4 Å². The lowest BCUT2D eigenvalue weighted by Crippen LogP contribution is -2.44. The molecule has 2 aromatic rings. The first-order valence-corrected chi connectivity index (χ1v) is 9.08. The van der Waals surface area contributed by atoms with Crippen LogP contribution in [-0.2, 0) is 4.79 Å². The molecule has 0 radical (unpaired) electrons. The quantitative estimate of drug-likeness (QED) is 0.647. The Morgan fingerprint density at radius 3 is 2.21 bits per heavy atom. The Labute approximate surface area is 165 Å². The van der Waals surface area contributed by atoms with E-state index in [4.69, 9.17) is 14.2 Å². The number of carbonyl (C=O) groups is 2. The fourth-order valence-electron chi connectivity index (χ4n) is 2.30. The van der Waals surface area contributed by atoms with Crippen LogP contribution in [0.3, 0.4) is 0 Å². The fraction of sp³-hybridized carbons (Fsp3) is 0.333. The van der Waals surface area contributed by atoms with Gasteiger partial charge in [-0.25, -0.2) is 0 Å². The average molecular weight is 386 g/mol. The molecule has 150 valence electrons. The van der Waals surface area contributed by atoms with Crippen LogP contribution in [0.25, 0.3) is 0 Å². The van der Waals surface area contributed by atoms with Crippen molar-refractivity contribution in [1.82, 2.24) is 10.9 Å². The van der Waals surface area contributed by atoms with Gasteiger partial charge < -0.3 is 14.2 Å². The summed E-state index contributed by atoms with van der Waals surface area (Å²) in [6, 6.07) is 13.9. The van der Waals surface area contributed by atoms with E-state index in [0.717, 1.165) is 6.42 Å². The number of hydrogen-bond donors (Lipinski definition) is 2. The van der Waals surface area contributed by atoms with Gasteiger partial charge in [0.1, 0.15) is 5.75 Å². The zero-order valence-corrected chi connectivity index (χ0v) is 16.4. The number of hydrazine groups is 1. The molecule has 0 atom stereocenters. The van der Waals surface area contributed by atoms with Gasteiger partial charge in [-0.1, -0.05) is 38.1 Å². The Kier molecular flexibility index (Phi) is 8.14. The van der Waals surface area contributed by atoms with Crippen molar-refractivity contribution in [2.45, 2.75) is 20.3 Å². The van der Waals surface area contributed by atoms with Crippen LogP contribution in [0.15, 0.2) is 48.5 Å². The van der Waals surface area contributed by atoms with Crippen LogP contribution in [0.5, 0.6) is 17.2 Å². The summed E-state index contributed by atoms with van der Waals surface area (Å²) in [5.41, 5.74) is 5.05. The minimum atomic E-state index is -0.502. The standard InChI is InChI=1S/C21H26N2O5/c1-15(2)12-13-27-17-9-5-4-8-16(17)21(25)23-22-20(24)14-28-19-11-7-6-10-18(19)26-3/h4-11,15H,12-14H2,1-3H3,(H,22,24)(H,23,25). The zero-order chi connectivity index (χ0) is 20.4. The topological polar surface area (TPSA) is 85.9 Å². The largest absolute Gasteiger partial charge is 0.493 e. The molecule has 7 heteroatoms. The molecule has 0 aliphatic rings. The van der Waals surface area contributed by atoms with Gasteiger partial charge in [-0.05, 0) is 36.6 Å². The number of para-hydroxylation sites is 3. The minimum absolute atomic E-state index is 0.271. The van der Waals surface area contributed by atoms with Crippen LogP contribution < -0.4 is 25.1 Å². The molecule has 2 amide bonds. The normalized spacial score (nSPS) is 10.3. The van der Waals surface area contributed by atoms with Crippen LogP contribution >= 0.6 is 0 Å². The number of rotatable bonds is 9. The summed E-state index contributed by atoms with van der Waals surface area (Å²) in [6.45, 7) is 4.45. The number of amides is 2. The Balaban J connectivity index is 1.85. The van der Waals surface area contributed by atoms with E-state index in [9.17, 15) is 9.59 Å². The number of methoxy groups -OCH3 is 1. The summed E-state index contributed by atoms with van der Waals surface area (Å²) < 4.78 is 16.3. The molecule has 0 fully saturated rings. The molecule has 0 saturated heterocycles. The second kappa shape index (κ2) is 10.8. The lowest BCUT2D eigenvalue weighted by molar-refractivity contribution is -0.123. The fourth-order valence-corrected chi connectivity index (χ4v) is 2.30. The highest BCUT2D eigenvalue weighted by atomic mass is 16.5. The highest BCUT2D eigenvalue weighted by Crippen LogP contribution is 2.25. The van der Waals surface area contributed by atoms with E-state index in [1.807, 2.05) is 0 Å². The van der Waals surface area contributed by atoms with E-state index >= 15 is 0 Å². The molecule has 0 aliphatic heterocycles. The Morgan fingerprint density at radius 1 is 0.893 bits per heavy atom. The number of nitrogens with one attached hydrogen (secondary N) is 2. The first-order chi connectivity index (χ1) is 13.5. The van der Waals surface area contributed by atoms with E-state index in [0.29, 0.717) is 35.3 Å². The molecule has 7 nitrogen and oxygen atoms in total. The molecule has 0 unspecified atom stereocenters. The predicted octanol–water partition coefficient (Wildman–Crippen LogP) is 2.96. The smallest absolute Gasteiger partial charge is 0.276 e. The molecule has 2 N–H and O–H groups in total. The summed E-state index contributed by atoms with van der Waals surface area (Å²) in [5, 5.41) is 0. The van der Waals surface area contributed by atoms with Gasteiger partial charge in [0.25, 0.3) is 11.8 Å². The Hall–Kier alpha value is -3.22. The van der Waals surface area contributed by atoms with Crippen molar-refractivity contribution in [3.63, 3.8) is 0 Å². The molecule has 0 bridgehead atoms. The molecule has 2 rings (SSSR count). The van der Waals surface area contributed by atoms with E-state index in [1.54, 1.807) is 48.5 Å². The van der Waals surface area contributed by atoms with E-state index in [1.165, 1.54) is 7.11 Å². The van der Waals surface area contributed by atoms with Crippen LogP contribution in [0, 0.1) is 5.92 Å². The van der Waals surface area contributed by atoms with E-state index in [-0.39, 0.29) is 6.61 Å². The molecule has 0 spiro atoms. The maximum absolute atomic E-state index is 12.4. The third kappa shape index (κ3) is 6.50. The van der Waals surface area contributed by atoms with Crippen molar-refractivity contribution >= 4 is 11.8 Å². The van der Waals surface area contributed by atoms with Crippen molar-refractivity contribution in [3.05, 3.63) is 54.1 Å². The first-order valence-electron chi connectivity index (χ1n) is 9.08. The maximum atomic E-state index is 12.4. The lowest BCUT2D eigenvalue weighted by Gasteiger charge is -2.13. The van der Waals surface area contributed by atoms with Gasteiger partial charge in [0, 0.05) is 0 Å². The van der Waals surface area contributed by atoms with Gasteiger partial charge in [0.05, 0.1) is 19.3 Å². The third-order valence-electron chi connectivity index (χ3n) is 3.83. The second-order valence-corrected chi connectivity index (χ2v) is 6.47. The van der Waals surface area contributed by atoms with E-state index < -0.39 is 11.8 Å². The molecular weight excluding hydrogens is 360 g/mol. The number of benzene rings is 2. The SMILES string of the molecule is COc1ccccc1OCC(=O)NNC(=O)c1ccccc1OCCC(C)C.